The number of carbonyl (C=O) groups is 1. The lowest BCUT2D eigenvalue weighted by Crippen LogP contribution is -2.27. The summed E-state index contributed by atoms with van der Waals surface area (Å²) in [6.45, 7) is 3.70. The largest absolute Gasteiger partial charge is 0.340 e. The number of nitrogens with one attached hydrogen (secondary N) is 1. The fourth-order valence-corrected chi connectivity index (χ4v) is 2.02. The number of aryl methyl sites for hydroxylation is 1. The van der Waals surface area contributed by atoms with Gasteiger partial charge in [0.2, 0.25) is 5.89 Å². The predicted molar refractivity (Wildman–Crippen MR) is 84.8 cm³/mol. The molecule has 0 bridgehead atoms. The van der Waals surface area contributed by atoms with Gasteiger partial charge < -0.3 is 9.84 Å². The Morgan fingerprint density at radius 2 is 2.08 bits per heavy atom. The molecule has 8 nitrogen and oxygen atoms in total. The zero-order valence-electron chi connectivity index (χ0n) is 13.3. The van der Waals surface area contributed by atoms with Crippen molar-refractivity contribution in [3.05, 3.63) is 54.2 Å². The van der Waals surface area contributed by atoms with Crippen LogP contribution in [0.1, 0.15) is 42.0 Å². The van der Waals surface area contributed by atoms with Gasteiger partial charge >= 0.3 is 0 Å². The molecule has 1 amide bonds. The van der Waals surface area contributed by atoms with Gasteiger partial charge in [0, 0.05) is 36.8 Å². The molecule has 0 aliphatic carbocycles. The quantitative estimate of drug-likeness (QED) is 0.764. The summed E-state index contributed by atoms with van der Waals surface area (Å²) < 4.78 is 5.12. The zero-order chi connectivity index (χ0) is 16.9. The minimum absolute atomic E-state index is 0.309. The fourth-order valence-electron chi connectivity index (χ4n) is 2.02. The van der Waals surface area contributed by atoms with E-state index in [1.165, 1.54) is 12.4 Å². The van der Waals surface area contributed by atoms with Gasteiger partial charge in [-0.15, -0.1) is 0 Å². The first-order chi connectivity index (χ1) is 11.7. The van der Waals surface area contributed by atoms with E-state index in [-0.39, 0.29) is 5.91 Å². The number of aromatic nitrogens is 5. The Kier molecular flexibility index (Phi) is 4.55. The third kappa shape index (κ3) is 3.43. The molecule has 0 aliphatic heterocycles. The van der Waals surface area contributed by atoms with Crippen LogP contribution in [-0.2, 0) is 6.42 Å². The van der Waals surface area contributed by atoms with Gasteiger partial charge in [0.25, 0.3) is 5.91 Å². The SMILES string of the molecule is CCc1noc([C@H](C)NC(=O)c2cnc(-c3cccnc3)nc2)n1. The topological polar surface area (TPSA) is 107 Å². The van der Waals surface area contributed by atoms with Gasteiger partial charge in [-0.3, -0.25) is 9.78 Å². The Morgan fingerprint density at radius 1 is 1.29 bits per heavy atom. The lowest BCUT2D eigenvalue weighted by Gasteiger charge is -2.09. The molecular weight excluding hydrogens is 308 g/mol. The highest BCUT2D eigenvalue weighted by atomic mass is 16.5. The van der Waals surface area contributed by atoms with Gasteiger partial charge in [0.15, 0.2) is 11.6 Å². The summed E-state index contributed by atoms with van der Waals surface area (Å²) in [5, 5.41) is 6.59. The smallest absolute Gasteiger partial charge is 0.255 e. The molecule has 1 atom stereocenters. The van der Waals surface area contributed by atoms with E-state index in [1.807, 2.05) is 13.0 Å². The highest BCUT2D eigenvalue weighted by molar-refractivity contribution is 5.93. The highest BCUT2D eigenvalue weighted by Crippen LogP contribution is 2.13. The van der Waals surface area contributed by atoms with Crippen molar-refractivity contribution in [2.75, 3.05) is 0 Å². The minimum Gasteiger partial charge on any atom is -0.340 e. The molecule has 0 spiro atoms. The van der Waals surface area contributed by atoms with E-state index in [0.29, 0.717) is 29.5 Å². The summed E-state index contributed by atoms with van der Waals surface area (Å²) in [4.78, 5) is 28.9. The van der Waals surface area contributed by atoms with Crippen LogP contribution in [0.3, 0.4) is 0 Å². The third-order valence-electron chi connectivity index (χ3n) is 3.35. The number of nitrogens with zero attached hydrogens (tertiary/aromatic N) is 5. The van der Waals surface area contributed by atoms with Crippen molar-refractivity contribution in [2.45, 2.75) is 26.3 Å². The van der Waals surface area contributed by atoms with E-state index >= 15 is 0 Å². The molecule has 0 fully saturated rings. The van der Waals surface area contributed by atoms with Gasteiger partial charge in [0.1, 0.15) is 6.04 Å². The Bertz CT molecular complexity index is 816. The second-order valence-corrected chi connectivity index (χ2v) is 5.13. The van der Waals surface area contributed by atoms with Crippen LogP contribution in [0.2, 0.25) is 0 Å². The molecule has 0 radical (unpaired) electrons. The molecule has 3 aromatic heterocycles. The normalized spacial score (nSPS) is 11.9. The van der Waals surface area contributed by atoms with E-state index in [4.69, 9.17) is 4.52 Å². The zero-order valence-corrected chi connectivity index (χ0v) is 13.3. The summed E-state index contributed by atoms with van der Waals surface area (Å²) in [5.41, 5.74) is 1.14. The van der Waals surface area contributed by atoms with Crippen LogP contribution in [0.5, 0.6) is 0 Å². The molecule has 0 aromatic carbocycles. The summed E-state index contributed by atoms with van der Waals surface area (Å²) in [5.74, 6) is 1.18. The first-order valence-corrected chi connectivity index (χ1v) is 7.53. The maximum absolute atomic E-state index is 12.3. The number of amides is 1. The van der Waals surface area contributed by atoms with Gasteiger partial charge in [-0.1, -0.05) is 12.1 Å². The maximum atomic E-state index is 12.3. The van der Waals surface area contributed by atoms with Gasteiger partial charge in [-0.05, 0) is 19.1 Å². The molecule has 3 rings (SSSR count). The van der Waals surface area contributed by atoms with Gasteiger partial charge in [-0.2, -0.15) is 4.98 Å². The number of carbonyl (C=O) groups excluding carboxylic acids is 1. The van der Waals surface area contributed by atoms with Crippen molar-refractivity contribution in [1.29, 1.82) is 0 Å². The average molecular weight is 324 g/mol. The van der Waals surface area contributed by atoms with Gasteiger partial charge in [0.05, 0.1) is 5.56 Å². The highest BCUT2D eigenvalue weighted by Gasteiger charge is 2.17. The summed E-state index contributed by atoms with van der Waals surface area (Å²) in [6.07, 6.45) is 6.96. The number of rotatable bonds is 5. The van der Waals surface area contributed by atoms with E-state index in [2.05, 4.69) is 30.4 Å². The van der Waals surface area contributed by atoms with Crippen molar-refractivity contribution in [3.63, 3.8) is 0 Å². The van der Waals surface area contributed by atoms with Crippen LogP contribution >= 0.6 is 0 Å². The van der Waals surface area contributed by atoms with Crippen molar-refractivity contribution < 1.29 is 9.32 Å². The molecular formula is C16H16N6O2. The van der Waals surface area contributed by atoms with Crippen LogP contribution in [0, 0.1) is 0 Å². The number of hydrogen-bond donors (Lipinski definition) is 1. The van der Waals surface area contributed by atoms with Crippen LogP contribution in [0.4, 0.5) is 0 Å². The van der Waals surface area contributed by atoms with Crippen LogP contribution in [-0.4, -0.2) is 31.0 Å². The first-order valence-electron chi connectivity index (χ1n) is 7.53. The average Bonchev–Trinajstić information content (AvgIpc) is 3.12. The molecule has 1 N–H and O–H groups in total. The third-order valence-corrected chi connectivity index (χ3v) is 3.35. The van der Waals surface area contributed by atoms with Crippen LogP contribution in [0.25, 0.3) is 11.4 Å². The maximum Gasteiger partial charge on any atom is 0.255 e. The Hall–Kier alpha value is -3.16. The molecule has 8 heteroatoms. The molecule has 24 heavy (non-hydrogen) atoms. The standard InChI is InChI=1S/C16H16N6O2/c1-3-13-21-16(24-22-13)10(2)20-15(23)12-8-18-14(19-9-12)11-5-4-6-17-7-11/h4-10H,3H2,1-2H3,(H,20,23)/t10-/m0/s1. The molecule has 122 valence electrons. The number of pyridine rings is 1. The Balaban J connectivity index is 1.69. The predicted octanol–water partition coefficient (Wildman–Crippen LogP) is 1.97. The monoisotopic (exact) mass is 324 g/mol. The molecule has 3 heterocycles. The Morgan fingerprint density at radius 3 is 2.71 bits per heavy atom. The van der Waals surface area contributed by atoms with E-state index in [0.717, 1.165) is 5.56 Å². The van der Waals surface area contributed by atoms with Crippen molar-refractivity contribution in [2.24, 2.45) is 0 Å². The van der Waals surface area contributed by atoms with Crippen molar-refractivity contribution in [3.8, 4) is 11.4 Å². The number of hydrogen-bond acceptors (Lipinski definition) is 7. The molecule has 0 saturated carbocycles. The second-order valence-electron chi connectivity index (χ2n) is 5.13. The van der Waals surface area contributed by atoms with Crippen molar-refractivity contribution >= 4 is 5.91 Å². The Labute approximate surface area is 138 Å². The second kappa shape index (κ2) is 6.95. The lowest BCUT2D eigenvalue weighted by molar-refractivity contribution is 0.0932. The summed E-state index contributed by atoms with van der Waals surface area (Å²) >= 11 is 0. The van der Waals surface area contributed by atoms with E-state index < -0.39 is 6.04 Å². The van der Waals surface area contributed by atoms with Gasteiger partial charge in [-0.25, -0.2) is 9.97 Å². The molecule has 0 saturated heterocycles. The van der Waals surface area contributed by atoms with Crippen molar-refractivity contribution in [1.82, 2.24) is 30.4 Å². The molecule has 0 aliphatic rings. The van der Waals surface area contributed by atoms with E-state index in [1.54, 1.807) is 25.4 Å². The summed E-state index contributed by atoms with van der Waals surface area (Å²) in [7, 11) is 0. The van der Waals surface area contributed by atoms with Crippen LogP contribution < -0.4 is 5.32 Å². The fraction of sp³-hybridized carbons (Fsp3) is 0.250. The van der Waals surface area contributed by atoms with E-state index in [9.17, 15) is 4.79 Å². The van der Waals surface area contributed by atoms with Crippen LogP contribution in [0.15, 0.2) is 41.4 Å². The molecule has 0 unspecified atom stereocenters. The molecule has 3 aromatic rings. The minimum atomic E-state index is -0.400. The lowest BCUT2D eigenvalue weighted by atomic mass is 10.2. The first kappa shape index (κ1) is 15.7. The summed E-state index contributed by atoms with van der Waals surface area (Å²) in [6, 6.07) is 3.25.